The summed E-state index contributed by atoms with van der Waals surface area (Å²) < 4.78 is 13.3. The second kappa shape index (κ2) is 4.66. The molecular formula is C13H10FNO. The van der Waals surface area contributed by atoms with Gasteiger partial charge in [-0.1, -0.05) is 18.2 Å². The topological polar surface area (TPSA) is 30.0 Å². The summed E-state index contributed by atoms with van der Waals surface area (Å²) in [5.74, 6) is -0.706. The van der Waals surface area contributed by atoms with Crippen molar-refractivity contribution in [3.8, 4) is 0 Å². The van der Waals surface area contributed by atoms with Crippen molar-refractivity contribution in [1.29, 1.82) is 0 Å². The molecule has 0 atom stereocenters. The maximum absolute atomic E-state index is 13.3. The first-order chi connectivity index (χ1) is 7.77. The second-order valence-electron chi connectivity index (χ2n) is 3.44. The van der Waals surface area contributed by atoms with Gasteiger partial charge in [0, 0.05) is 18.8 Å². The Kier molecular flexibility index (Phi) is 3.05. The van der Waals surface area contributed by atoms with Gasteiger partial charge in [-0.2, -0.15) is 0 Å². The van der Waals surface area contributed by atoms with Gasteiger partial charge in [0.2, 0.25) is 0 Å². The summed E-state index contributed by atoms with van der Waals surface area (Å²) >= 11 is 0. The van der Waals surface area contributed by atoms with Gasteiger partial charge >= 0.3 is 0 Å². The van der Waals surface area contributed by atoms with E-state index in [1.807, 2.05) is 0 Å². The number of hydrogen-bond acceptors (Lipinski definition) is 2. The van der Waals surface area contributed by atoms with E-state index >= 15 is 0 Å². The van der Waals surface area contributed by atoms with Gasteiger partial charge in [-0.25, -0.2) is 4.39 Å². The Balaban J connectivity index is 2.19. The molecule has 0 unspecified atom stereocenters. The molecule has 2 rings (SSSR count). The molecule has 0 fully saturated rings. The molecule has 16 heavy (non-hydrogen) atoms. The molecule has 2 nitrogen and oxygen atoms in total. The first-order valence-corrected chi connectivity index (χ1v) is 4.94. The summed E-state index contributed by atoms with van der Waals surface area (Å²) in [6.07, 6.45) is 3.42. The van der Waals surface area contributed by atoms with Gasteiger partial charge in [0.25, 0.3) is 0 Å². The maximum atomic E-state index is 13.3. The quantitative estimate of drug-likeness (QED) is 0.737. The summed E-state index contributed by atoms with van der Waals surface area (Å²) in [6, 6.07) is 9.55. The van der Waals surface area contributed by atoms with Crippen LogP contribution in [0.5, 0.6) is 0 Å². The standard InChI is InChI=1S/C13H10FNO/c14-12-6-2-1-5-11(12)13(16)8-10-4-3-7-15-9-10/h1-7,9H,8H2. The zero-order valence-corrected chi connectivity index (χ0v) is 8.56. The van der Waals surface area contributed by atoms with E-state index in [9.17, 15) is 9.18 Å². The largest absolute Gasteiger partial charge is 0.294 e. The minimum Gasteiger partial charge on any atom is -0.294 e. The minimum absolute atomic E-state index is 0.131. The molecule has 0 radical (unpaired) electrons. The van der Waals surface area contributed by atoms with E-state index in [-0.39, 0.29) is 17.8 Å². The molecular weight excluding hydrogens is 205 g/mol. The van der Waals surface area contributed by atoms with Gasteiger partial charge in [-0.15, -0.1) is 0 Å². The third-order valence-electron chi connectivity index (χ3n) is 2.26. The number of hydrogen-bond donors (Lipinski definition) is 0. The number of ketones is 1. The van der Waals surface area contributed by atoms with Crippen molar-refractivity contribution in [2.24, 2.45) is 0 Å². The van der Waals surface area contributed by atoms with Crippen molar-refractivity contribution >= 4 is 5.78 Å². The molecule has 0 saturated heterocycles. The van der Waals surface area contributed by atoms with E-state index in [0.29, 0.717) is 0 Å². The highest BCUT2D eigenvalue weighted by molar-refractivity contribution is 5.97. The van der Waals surface area contributed by atoms with Crippen molar-refractivity contribution < 1.29 is 9.18 Å². The van der Waals surface area contributed by atoms with Crippen LogP contribution in [0.25, 0.3) is 0 Å². The lowest BCUT2D eigenvalue weighted by molar-refractivity contribution is 0.0989. The molecule has 2 aromatic rings. The lowest BCUT2D eigenvalue weighted by atomic mass is 10.0. The third kappa shape index (κ3) is 2.31. The molecule has 0 spiro atoms. The molecule has 80 valence electrons. The molecule has 0 N–H and O–H groups in total. The first kappa shape index (κ1) is 10.5. The fourth-order valence-electron chi connectivity index (χ4n) is 1.47. The lowest BCUT2D eigenvalue weighted by Crippen LogP contribution is -2.06. The number of halogens is 1. The third-order valence-corrected chi connectivity index (χ3v) is 2.26. The normalized spacial score (nSPS) is 10.1. The molecule has 0 aliphatic heterocycles. The number of carbonyl (C=O) groups excluding carboxylic acids is 1. The average molecular weight is 215 g/mol. The van der Waals surface area contributed by atoms with E-state index in [2.05, 4.69) is 4.98 Å². The number of nitrogens with zero attached hydrogens (tertiary/aromatic N) is 1. The number of Topliss-reactive ketones (excluding diaryl/α,β-unsaturated/α-hetero) is 1. The van der Waals surface area contributed by atoms with Crippen LogP contribution in [0.4, 0.5) is 4.39 Å². The Bertz CT molecular complexity index is 496. The SMILES string of the molecule is O=C(Cc1cccnc1)c1ccccc1F. The summed E-state index contributed by atoms with van der Waals surface area (Å²) in [6.45, 7) is 0. The van der Waals surface area contributed by atoms with Crippen molar-refractivity contribution in [3.05, 3.63) is 65.7 Å². The van der Waals surface area contributed by atoms with Crippen molar-refractivity contribution in [2.45, 2.75) is 6.42 Å². The molecule has 0 aliphatic rings. The number of pyridine rings is 1. The van der Waals surface area contributed by atoms with E-state index in [0.717, 1.165) is 5.56 Å². The zero-order chi connectivity index (χ0) is 11.4. The predicted molar refractivity (Wildman–Crippen MR) is 58.7 cm³/mol. The van der Waals surface area contributed by atoms with Crippen LogP contribution < -0.4 is 0 Å². The lowest BCUT2D eigenvalue weighted by Gasteiger charge is -2.01. The van der Waals surface area contributed by atoms with Gasteiger partial charge in [-0.3, -0.25) is 9.78 Å². The van der Waals surface area contributed by atoms with Crippen LogP contribution in [0.1, 0.15) is 15.9 Å². The van der Waals surface area contributed by atoms with Crippen molar-refractivity contribution in [1.82, 2.24) is 4.98 Å². The van der Waals surface area contributed by atoms with Crippen molar-refractivity contribution in [2.75, 3.05) is 0 Å². The molecule has 1 aromatic carbocycles. The highest BCUT2D eigenvalue weighted by Gasteiger charge is 2.11. The number of carbonyl (C=O) groups is 1. The van der Waals surface area contributed by atoms with Crippen LogP contribution in [0.15, 0.2) is 48.8 Å². The van der Waals surface area contributed by atoms with E-state index in [4.69, 9.17) is 0 Å². The Morgan fingerprint density at radius 3 is 2.69 bits per heavy atom. The van der Waals surface area contributed by atoms with E-state index in [1.54, 1.807) is 36.7 Å². The Labute approximate surface area is 92.8 Å². The summed E-state index contributed by atoms with van der Waals surface area (Å²) in [5.41, 5.74) is 0.919. The zero-order valence-electron chi connectivity index (χ0n) is 8.56. The molecule has 0 saturated carbocycles. The molecule has 1 aromatic heterocycles. The Morgan fingerprint density at radius 1 is 1.19 bits per heavy atom. The van der Waals surface area contributed by atoms with Gasteiger partial charge in [0.15, 0.2) is 5.78 Å². The van der Waals surface area contributed by atoms with Gasteiger partial charge < -0.3 is 0 Å². The van der Waals surface area contributed by atoms with Crippen LogP contribution in [0.2, 0.25) is 0 Å². The van der Waals surface area contributed by atoms with Crippen LogP contribution in [0.3, 0.4) is 0 Å². The summed E-state index contributed by atoms with van der Waals surface area (Å²) in [7, 11) is 0. The fraction of sp³-hybridized carbons (Fsp3) is 0.0769. The second-order valence-corrected chi connectivity index (χ2v) is 3.44. The molecule has 0 aliphatic carbocycles. The minimum atomic E-state index is -0.476. The number of aromatic nitrogens is 1. The fourth-order valence-corrected chi connectivity index (χ4v) is 1.47. The van der Waals surface area contributed by atoms with E-state index < -0.39 is 5.82 Å². The number of benzene rings is 1. The van der Waals surface area contributed by atoms with Crippen molar-refractivity contribution in [3.63, 3.8) is 0 Å². The smallest absolute Gasteiger partial charge is 0.170 e. The summed E-state index contributed by atoms with van der Waals surface area (Å²) in [4.78, 5) is 15.7. The molecule has 0 amide bonds. The van der Waals surface area contributed by atoms with Crippen LogP contribution >= 0.6 is 0 Å². The molecule has 1 heterocycles. The highest BCUT2D eigenvalue weighted by atomic mass is 19.1. The van der Waals surface area contributed by atoms with E-state index in [1.165, 1.54) is 12.1 Å². The van der Waals surface area contributed by atoms with Crippen LogP contribution in [0, 0.1) is 5.82 Å². The Hall–Kier alpha value is -2.03. The maximum Gasteiger partial charge on any atom is 0.170 e. The summed E-state index contributed by atoms with van der Waals surface area (Å²) in [5, 5.41) is 0. The number of rotatable bonds is 3. The van der Waals surface area contributed by atoms with Gasteiger partial charge in [0.05, 0.1) is 5.56 Å². The van der Waals surface area contributed by atoms with Crippen LogP contribution in [-0.2, 0) is 6.42 Å². The highest BCUT2D eigenvalue weighted by Crippen LogP contribution is 2.10. The average Bonchev–Trinajstić information content (AvgIpc) is 2.31. The van der Waals surface area contributed by atoms with Gasteiger partial charge in [-0.05, 0) is 23.8 Å². The monoisotopic (exact) mass is 215 g/mol. The first-order valence-electron chi connectivity index (χ1n) is 4.94. The Morgan fingerprint density at radius 2 is 2.00 bits per heavy atom. The van der Waals surface area contributed by atoms with Gasteiger partial charge in [0.1, 0.15) is 5.82 Å². The molecule has 0 bridgehead atoms. The predicted octanol–water partition coefficient (Wildman–Crippen LogP) is 2.65. The molecule has 3 heteroatoms. The van der Waals surface area contributed by atoms with Crippen LogP contribution in [-0.4, -0.2) is 10.8 Å².